The van der Waals surface area contributed by atoms with Crippen molar-refractivity contribution in [3.05, 3.63) is 53.7 Å². The van der Waals surface area contributed by atoms with Gasteiger partial charge in [0.25, 0.3) is 0 Å². The van der Waals surface area contributed by atoms with E-state index < -0.39 is 36.4 Å². The minimum Gasteiger partial charge on any atom is -0.475 e. The topological polar surface area (TPSA) is 154 Å². The largest absolute Gasteiger partial charge is 0.490 e. The maximum absolute atomic E-state index is 10.6. The summed E-state index contributed by atoms with van der Waals surface area (Å²) in [6, 6.07) is 10.4. The van der Waals surface area contributed by atoms with E-state index in [1.165, 1.54) is 12.8 Å². The first-order chi connectivity index (χ1) is 22.0. The summed E-state index contributed by atoms with van der Waals surface area (Å²) in [7, 11) is 1.84. The van der Waals surface area contributed by atoms with Crippen molar-refractivity contribution >= 4 is 17.9 Å². The molecule has 4 rings (SSSR count). The number of furan rings is 1. The van der Waals surface area contributed by atoms with E-state index in [2.05, 4.69) is 39.0 Å². The number of aryl methyl sites for hydroxylation is 1. The van der Waals surface area contributed by atoms with Crippen LogP contribution in [0.1, 0.15) is 30.1 Å². The standard InChI is InChI=1S/C22H31N3O2.3C2HF3O2/c1-18-6-7-21(27-18)15-24-11-8-22(9-12-24)17-25(13-19(22)16-26-2)14-20-5-3-4-10-23-20;3*3-2(4,5)1(6)7/h3-7,10,19H,8-9,11-17H2,1-2H3;3*(H,6,7). The van der Waals surface area contributed by atoms with Crippen LogP contribution in [-0.4, -0.2) is 106 Å². The predicted molar refractivity (Wildman–Crippen MR) is 146 cm³/mol. The zero-order valence-electron chi connectivity index (χ0n) is 25.5. The first kappa shape index (κ1) is 42.1. The molecule has 1 atom stereocenters. The van der Waals surface area contributed by atoms with Crippen molar-refractivity contribution < 1.29 is 78.4 Å². The number of rotatable bonds is 6. The molecule has 2 aromatic rings. The molecule has 0 aromatic carbocycles. The van der Waals surface area contributed by atoms with E-state index in [4.69, 9.17) is 38.9 Å². The van der Waals surface area contributed by atoms with Crippen LogP contribution >= 0.6 is 0 Å². The molecule has 48 heavy (non-hydrogen) atoms. The normalized spacial score (nSPS) is 18.0. The number of piperidine rings is 1. The Morgan fingerprint density at radius 3 is 1.73 bits per heavy atom. The van der Waals surface area contributed by atoms with Gasteiger partial charge in [0.05, 0.1) is 18.8 Å². The maximum Gasteiger partial charge on any atom is 0.490 e. The summed E-state index contributed by atoms with van der Waals surface area (Å²) < 4.78 is 107. The summed E-state index contributed by atoms with van der Waals surface area (Å²) in [5.74, 6) is -5.58. The number of likely N-dealkylation sites (tertiary alicyclic amines) is 2. The second-order valence-corrected chi connectivity index (χ2v) is 10.7. The molecule has 2 aliphatic rings. The van der Waals surface area contributed by atoms with Crippen LogP contribution in [0.15, 0.2) is 40.9 Å². The summed E-state index contributed by atoms with van der Waals surface area (Å²) in [6.45, 7) is 9.28. The van der Waals surface area contributed by atoms with E-state index in [9.17, 15) is 39.5 Å². The summed E-state index contributed by atoms with van der Waals surface area (Å²) in [5.41, 5.74) is 1.54. The van der Waals surface area contributed by atoms with Gasteiger partial charge in [-0.1, -0.05) is 6.07 Å². The average molecular weight is 712 g/mol. The Hall–Kier alpha value is -3.91. The van der Waals surface area contributed by atoms with Crippen molar-refractivity contribution in [3.63, 3.8) is 0 Å². The van der Waals surface area contributed by atoms with E-state index in [0.717, 1.165) is 63.1 Å². The van der Waals surface area contributed by atoms with Crippen LogP contribution in [0.3, 0.4) is 0 Å². The highest BCUT2D eigenvalue weighted by atomic mass is 19.4. The third-order valence-electron chi connectivity index (χ3n) is 7.12. The molecule has 272 valence electrons. The van der Waals surface area contributed by atoms with Gasteiger partial charge >= 0.3 is 36.4 Å². The fourth-order valence-corrected chi connectivity index (χ4v) is 4.93. The Morgan fingerprint density at radius 1 is 0.854 bits per heavy atom. The average Bonchev–Trinajstić information content (AvgIpc) is 3.52. The Kier molecular flexibility index (Phi) is 15.8. The van der Waals surface area contributed by atoms with Crippen molar-refractivity contribution in [2.24, 2.45) is 11.3 Å². The Bertz CT molecular complexity index is 1240. The number of hydrogen-bond donors (Lipinski definition) is 3. The summed E-state index contributed by atoms with van der Waals surface area (Å²) in [4.78, 5) is 36.3. The van der Waals surface area contributed by atoms with Gasteiger partial charge in [0.1, 0.15) is 11.5 Å². The number of hydrogen-bond acceptors (Lipinski definition) is 8. The molecule has 2 saturated heterocycles. The summed E-state index contributed by atoms with van der Waals surface area (Å²) >= 11 is 0. The minimum absolute atomic E-state index is 0.375. The monoisotopic (exact) mass is 711 g/mol. The third kappa shape index (κ3) is 14.9. The van der Waals surface area contributed by atoms with Crippen molar-refractivity contribution in [1.82, 2.24) is 14.8 Å². The molecule has 20 heteroatoms. The van der Waals surface area contributed by atoms with Gasteiger partial charge < -0.3 is 24.5 Å². The van der Waals surface area contributed by atoms with Gasteiger partial charge in [0.2, 0.25) is 0 Å². The second kappa shape index (κ2) is 18.0. The molecule has 3 N–H and O–H groups in total. The number of aliphatic carboxylic acids is 3. The molecule has 0 aliphatic carbocycles. The van der Waals surface area contributed by atoms with Crippen LogP contribution in [0.2, 0.25) is 0 Å². The SMILES string of the molecule is COCC1CN(Cc2ccccn2)CC12CCN(Cc1ccc(C)o1)CC2.O=C(O)C(F)(F)F.O=C(O)C(F)(F)F.O=C(O)C(F)(F)F. The van der Waals surface area contributed by atoms with E-state index >= 15 is 0 Å². The highest BCUT2D eigenvalue weighted by Gasteiger charge is 2.48. The molecule has 0 bridgehead atoms. The third-order valence-corrected chi connectivity index (χ3v) is 7.12. The zero-order valence-corrected chi connectivity index (χ0v) is 25.5. The van der Waals surface area contributed by atoms with Crippen molar-refractivity contribution in [2.45, 2.75) is 51.4 Å². The molecule has 2 aromatic heterocycles. The molecular weight excluding hydrogens is 677 g/mol. The maximum atomic E-state index is 10.6. The van der Waals surface area contributed by atoms with Gasteiger partial charge in [-0.15, -0.1) is 0 Å². The van der Waals surface area contributed by atoms with Crippen LogP contribution in [0.25, 0.3) is 0 Å². The van der Waals surface area contributed by atoms with Crippen LogP contribution in [0.4, 0.5) is 39.5 Å². The van der Waals surface area contributed by atoms with Gasteiger partial charge in [-0.2, -0.15) is 39.5 Å². The number of ether oxygens (including phenoxy) is 1. The molecule has 2 aliphatic heterocycles. The van der Waals surface area contributed by atoms with Gasteiger partial charge in [-0.3, -0.25) is 14.8 Å². The predicted octanol–water partition coefficient (Wildman–Crippen LogP) is 5.24. The fraction of sp³-hybridized carbons (Fsp3) is 0.571. The molecule has 0 saturated carbocycles. The van der Waals surface area contributed by atoms with Crippen LogP contribution in [0.5, 0.6) is 0 Å². The lowest BCUT2D eigenvalue weighted by Crippen LogP contribution is -2.44. The quantitative estimate of drug-likeness (QED) is 0.337. The lowest BCUT2D eigenvalue weighted by atomic mass is 9.71. The number of methoxy groups -OCH3 is 1. The summed E-state index contributed by atoms with van der Waals surface area (Å²) in [6.07, 6.45) is -10.9. The lowest BCUT2D eigenvalue weighted by Gasteiger charge is -2.42. The van der Waals surface area contributed by atoms with E-state index in [-0.39, 0.29) is 0 Å². The van der Waals surface area contributed by atoms with Crippen LogP contribution in [0, 0.1) is 18.3 Å². The Morgan fingerprint density at radius 2 is 1.35 bits per heavy atom. The van der Waals surface area contributed by atoms with Gasteiger partial charge in [0, 0.05) is 38.9 Å². The fourth-order valence-electron chi connectivity index (χ4n) is 4.93. The van der Waals surface area contributed by atoms with Gasteiger partial charge in [-0.05, 0) is 62.5 Å². The molecule has 2 fully saturated rings. The first-order valence-electron chi connectivity index (χ1n) is 13.8. The Balaban J connectivity index is 0.000000448. The second-order valence-electron chi connectivity index (χ2n) is 10.7. The smallest absolute Gasteiger partial charge is 0.475 e. The van der Waals surface area contributed by atoms with Crippen LogP contribution in [-0.2, 0) is 32.2 Å². The molecule has 1 unspecified atom stereocenters. The number of alkyl halides is 9. The van der Waals surface area contributed by atoms with Crippen molar-refractivity contribution in [2.75, 3.05) is 39.9 Å². The minimum atomic E-state index is -5.08. The first-order valence-corrected chi connectivity index (χ1v) is 13.8. The van der Waals surface area contributed by atoms with E-state index in [1.807, 2.05) is 26.3 Å². The number of nitrogens with zero attached hydrogens (tertiary/aromatic N) is 3. The highest BCUT2D eigenvalue weighted by molar-refractivity contribution is 5.73. The number of halogens is 9. The number of carboxylic acid groups (broad SMARTS) is 3. The lowest BCUT2D eigenvalue weighted by molar-refractivity contribution is -0.193. The number of carbonyl (C=O) groups is 3. The molecule has 0 amide bonds. The number of pyridine rings is 1. The van der Waals surface area contributed by atoms with E-state index in [0.29, 0.717) is 11.3 Å². The molecular formula is C28H34F9N3O8. The van der Waals surface area contributed by atoms with E-state index in [1.54, 1.807) is 0 Å². The van der Waals surface area contributed by atoms with Crippen molar-refractivity contribution in [3.8, 4) is 0 Å². The number of aromatic nitrogens is 1. The number of carboxylic acids is 3. The van der Waals surface area contributed by atoms with Gasteiger partial charge in [0.15, 0.2) is 0 Å². The summed E-state index contributed by atoms with van der Waals surface area (Å²) in [5, 5.41) is 21.4. The highest BCUT2D eigenvalue weighted by Crippen LogP contribution is 2.45. The molecule has 0 radical (unpaired) electrons. The molecule has 1 spiro atoms. The molecule has 4 heterocycles. The zero-order chi connectivity index (χ0) is 36.9. The van der Waals surface area contributed by atoms with Gasteiger partial charge in [-0.25, -0.2) is 14.4 Å². The molecule has 11 nitrogen and oxygen atoms in total. The Labute approximate surface area is 267 Å². The van der Waals surface area contributed by atoms with Crippen molar-refractivity contribution in [1.29, 1.82) is 0 Å². The van der Waals surface area contributed by atoms with Crippen LogP contribution < -0.4 is 0 Å².